The molecule has 0 unspecified atom stereocenters. The van der Waals surface area contributed by atoms with Gasteiger partial charge in [0.1, 0.15) is 29.5 Å². The minimum atomic E-state index is -0.665. The molecular weight excluding hydrogens is 486 g/mol. The zero-order valence-corrected chi connectivity index (χ0v) is 18.8. The lowest BCUT2D eigenvalue weighted by atomic mass is 10.1. The van der Waals surface area contributed by atoms with E-state index in [0.29, 0.717) is 11.3 Å². The highest BCUT2D eigenvalue weighted by Crippen LogP contribution is 2.30. The van der Waals surface area contributed by atoms with Crippen molar-refractivity contribution in [3.05, 3.63) is 93.9 Å². The van der Waals surface area contributed by atoms with Crippen LogP contribution in [0.15, 0.2) is 71.2 Å². The molecule has 0 saturated carbocycles. The summed E-state index contributed by atoms with van der Waals surface area (Å²) in [5.74, 6) is -2.00. The summed E-state index contributed by atoms with van der Waals surface area (Å²) >= 11 is 11.9. The first-order valence-electron chi connectivity index (χ1n) is 9.78. The van der Waals surface area contributed by atoms with E-state index in [4.69, 9.17) is 32.4 Å². The first-order chi connectivity index (χ1) is 16.3. The Balaban J connectivity index is 1.59. The van der Waals surface area contributed by atoms with Gasteiger partial charge in [0, 0.05) is 5.56 Å². The molecular formula is C24H15Cl2FN2O5. The van der Waals surface area contributed by atoms with Crippen molar-refractivity contribution in [1.82, 2.24) is 5.43 Å². The van der Waals surface area contributed by atoms with Crippen LogP contribution >= 0.6 is 23.2 Å². The van der Waals surface area contributed by atoms with Crippen LogP contribution in [-0.2, 0) is 14.3 Å². The number of furan rings is 1. The molecule has 0 atom stereocenters. The monoisotopic (exact) mass is 500 g/mol. The summed E-state index contributed by atoms with van der Waals surface area (Å²) < 4.78 is 24.2. The number of anilines is 1. The van der Waals surface area contributed by atoms with Gasteiger partial charge in [-0.25, -0.2) is 14.2 Å². The number of benzene rings is 2. The number of carbonyl (C=O) groups is 3. The van der Waals surface area contributed by atoms with Crippen molar-refractivity contribution < 1.29 is 27.9 Å². The fourth-order valence-corrected chi connectivity index (χ4v) is 3.51. The number of ether oxygens (including phenoxy) is 1. The van der Waals surface area contributed by atoms with Crippen LogP contribution in [0, 0.1) is 5.82 Å². The van der Waals surface area contributed by atoms with E-state index in [9.17, 15) is 18.8 Å². The van der Waals surface area contributed by atoms with E-state index >= 15 is 0 Å². The lowest BCUT2D eigenvalue weighted by molar-refractivity contribution is -0.117. The summed E-state index contributed by atoms with van der Waals surface area (Å²) in [5.41, 5.74) is 3.09. The lowest BCUT2D eigenvalue weighted by Gasteiger charge is -2.14. The molecule has 0 radical (unpaired) electrons. The van der Waals surface area contributed by atoms with Gasteiger partial charge in [-0.15, -0.1) is 0 Å². The van der Waals surface area contributed by atoms with Crippen molar-refractivity contribution in [1.29, 1.82) is 0 Å². The lowest BCUT2D eigenvalue weighted by Crippen LogP contribution is -2.35. The standard InChI is InChI=1S/C24H15Cl2FN2O5/c1-2-9-33-24(32)16-10-13(3-6-18(16)25)21-8-5-15(34-21)12-17-22(30)28-29(23(17)31)14-4-7-20(27)19(26)11-14/h2-8,10-12H,1,9H2,(H,28,30)/b17-12-. The number of hydrogen-bond acceptors (Lipinski definition) is 5. The molecule has 7 nitrogen and oxygen atoms in total. The van der Waals surface area contributed by atoms with Crippen molar-refractivity contribution in [3.63, 3.8) is 0 Å². The molecule has 1 aliphatic heterocycles. The SMILES string of the molecule is C=CCOC(=O)c1cc(-c2ccc(/C=C3/C(=O)NN(c4ccc(F)c(Cl)c4)C3=O)o2)ccc1Cl. The number of amides is 2. The number of carbonyl (C=O) groups excluding carboxylic acids is 3. The molecule has 1 aliphatic rings. The Bertz CT molecular complexity index is 1370. The highest BCUT2D eigenvalue weighted by atomic mass is 35.5. The van der Waals surface area contributed by atoms with Gasteiger partial charge in [0.2, 0.25) is 0 Å². The Morgan fingerprint density at radius 2 is 1.91 bits per heavy atom. The molecule has 0 bridgehead atoms. The molecule has 172 valence electrons. The summed E-state index contributed by atoms with van der Waals surface area (Å²) in [4.78, 5) is 37.3. The van der Waals surface area contributed by atoms with Crippen LogP contribution in [0.4, 0.5) is 10.1 Å². The quantitative estimate of drug-likeness (QED) is 0.217. The van der Waals surface area contributed by atoms with Gasteiger partial charge in [0.15, 0.2) is 0 Å². The fraction of sp³-hybridized carbons (Fsp3) is 0.0417. The van der Waals surface area contributed by atoms with Gasteiger partial charge in [-0.2, -0.15) is 0 Å². The number of nitrogens with one attached hydrogen (secondary N) is 1. The molecule has 2 amide bonds. The summed E-state index contributed by atoms with van der Waals surface area (Å²) in [6.07, 6.45) is 2.72. The van der Waals surface area contributed by atoms with E-state index in [-0.39, 0.29) is 39.2 Å². The molecule has 4 rings (SSSR count). The Kier molecular flexibility index (Phi) is 6.54. The third kappa shape index (κ3) is 4.59. The van der Waals surface area contributed by atoms with E-state index < -0.39 is 23.6 Å². The second-order valence-corrected chi connectivity index (χ2v) is 7.84. The first kappa shape index (κ1) is 23.3. The topological polar surface area (TPSA) is 88.9 Å². The summed E-state index contributed by atoms with van der Waals surface area (Å²) in [6.45, 7) is 3.53. The van der Waals surface area contributed by atoms with Crippen molar-refractivity contribution in [2.24, 2.45) is 0 Å². The molecule has 1 saturated heterocycles. The highest BCUT2D eigenvalue weighted by Gasteiger charge is 2.35. The molecule has 0 spiro atoms. The van der Waals surface area contributed by atoms with E-state index in [0.717, 1.165) is 11.1 Å². The third-order valence-corrected chi connectivity index (χ3v) is 5.39. The van der Waals surface area contributed by atoms with Crippen molar-refractivity contribution in [2.45, 2.75) is 0 Å². The molecule has 1 N–H and O–H groups in total. The molecule has 0 aliphatic carbocycles. The molecule has 1 aromatic heterocycles. The van der Waals surface area contributed by atoms with Crippen molar-refractivity contribution in [3.8, 4) is 11.3 Å². The van der Waals surface area contributed by atoms with Crippen LogP contribution in [0.1, 0.15) is 16.1 Å². The van der Waals surface area contributed by atoms with Crippen LogP contribution in [0.2, 0.25) is 10.0 Å². The van der Waals surface area contributed by atoms with E-state index in [1.807, 2.05) is 0 Å². The predicted molar refractivity (Wildman–Crippen MR) is 125 cm³/mol. The van der Waals surface area contributed by atoms with Gasteiger partial charge < -0.3 is 9.15 Å². The van der Waals surface area contributed by atoms with Crippen LogP contribution in [-0.4, -0.2) is 24.4 Å². The zero-order chi connectivity index (χ0) is 24.4. The number of hydrogen-bond donors (Lipinski definition) is 1. The van der Waals surface area contributed by atoms with E-state index in [1.165, 1.54) is 36.4 Å². The van der Waals surface area contributed by atoms with Crippen molar-refractivity contribution in [2.75, 3.05) is 11.6 Å². The molecule has 2 heterocycles. The number of nitrogens with zero attached hydrogens (tertiary/aromatic N) is 1. The molecule has 2 aromatic carbocycles. The van der Waals surface area contributed by atoms with Gasteiger partial charge in [0.25, 0.3) is 11.8 Å². The molecule has 3 aromatic rings. The smallest absolute Gasteiger partial charge is 0.339 e. The van der Waals surface area contributed by atoms with Crippen LogP contribution in [0.25, 0.3) is 17.4 Å². The van der Waals surface area contributed by atoms with Crippen LogP contribution in [0.3, 0.4) is 0 Å². The minimum absolute atomic E-state index is 0.0368. The van der Waals surface area contributed by atoms with Crippen LogP contribution < -0.4 is 10.4 Å². The Morgan fingerprint density at radius 1 is 1.12 bits per heavy atom. The summed E-state index contributed by atoms with van der Waals surface area (Å²) in [5, 5.41) is 0.980. The number of rotatable bonds is 6. The van der Waals surface area contributed by atoms with Crippen molar-refractivity contribution >= 4 is 52.7 Å². The van der Waals surface area contributed by atoms with E-state index in [2.05, 4.69) is 12.0 Å². The average Bonchev–Trinajstić information content (AvgIpc) is 3.40. The largest absolute Gasteiger partial charge is 0.458 e. The predicted octanol–water partition coefficient (Wildman–Crippen LogP) is 5.20. The first-order valence-corrected chi connectivity index (χ1v) is 10.5. The van der Waals surface area contributed by atoms with E-state index in [1.54, 1.807) is 18.2 Å². The Hall–Kier alpha value is -3.88. The third-order valence-electron chi connectivity index (χ3n) is 4.77. The number of halogens is 3. The highest BCUT2D eigenvalue weighted by molar-refractivity contribution is 6.34. The van der Waals surface area contributed by atoms with Gasteiger partial charge in [-0.05, 0) is 54.6 Å². The maximum Gasteiger partial charge on any atom is 0.339 e. The molecule has 34 heavy (non-hydrogen) atoms. The van der Waals surface area contributed by atoms with Gasteiger partial charge in [-0.3, -0.25) is 15.0 Å². The maximum atomic E-state index is 13.4. The second-order valence-electron chi connectivity index (χ2n) is 7.02. The zero-order valence-electron chi connectivity index (χ0n) is 17.3. The summed E-state index contributed by atoms with van der Waals surface area (Å²) in [7, 11) is 0. The van der Waals surface area contributed by atoms with Gasteiger partial charge >= 0.3 is 5.97 Å². The molecule has 1 fully saturated rings. The second kappa shape index (κ2) is 9.54. The Labute approximate surface area is 203 Å². The average molecular weight is 501 g/mol. The van der Waals surface area contributed by atoms with Gasteiger partial charge in [0.05, 0.1) is 21.3 Å². The Morgan fingerprint density at radius 3 is 2.65 bits per heavy atom. The fourth-order valence-electron chi connectivity index (χ4n) is 3.14. The normalized spacial score (nSPS) is 14.4. The minimum Gasteiger partial charge on any atom is -0.458 e. The van der Waals surface area contributed by atoms with Gasteiger partial charge in [-0.1, -0.05) is 35.9 Å². The number of esters is 1. The number of hydrazine groups is 1. The maximum absolute atomic E-state index is 13.4. The van der Waals surface area contributed by atoms with Crippen LogP contribution in [0.5, 0.6) is 0 Å². The summed E-state index contributed by atoms with van der Waals surface area (Å²) in [6, 6.07) is 11.5. The molecule has 10 heteroatoms.